The number of aryl methyl sites for hydroxylation is 1. The summed E-state index contributed by atoms with van der Waals surface area (Å²) in [6.07, 6.45) is 6.86. The smallest absolute Gasteiger partial charge is 0.256 e. The first-order valence-corrected chi connectivity index (χ1v) is 11.3. The second kappa shape index (κ2) is 9.57. The third kappa shape index (κ3) is 4.59. The molecule has 35 heavy (non-hydrogen) atoms. The molecular formula is C25H23F2N7O. The molecule has 8 nitrogen and oxygen atoms in total. The highest BCUT2D eigenvalue weighted by Gasteiger charge is 2.24. The monoisotopic (exact) mass is 475 g/mol. The summed E-state index contributed by atoms with van der Waals surface area (Å²) in [5, 5.41) is 8.36. The van der Waals surface area contributed by atoms with E-state index in [-0.39, 0.29) is 11.5 Å². The first-order valence-electron chi connectivity index (χ1n) is 11.3. The van der Waals surface area contributed by atoms with Crippen LogP contribution in [0.4, 0.5) is 14.7 Å². The van der Waals surface area contributed by atoms with Gasteiger partial charge in [-0.2, -0.15) is 15.0 Å². The van der Waals surface area contributed by atoms with Crippen LogP contribution in [-0.4, -0.2) is 61.9 Å². The quantitative estimate of drug-likeness (QED) is 0.448. The van der Waals surface area contributed by atoms with Gasteiger partial charge in [-0.15, -0.1) is 0 Å². The van der Waals surface area contributed by atoms with Gasteiger partial charge in [0.2, 0.25) is 5.95 Å². The normalized spacial score (nSPS) is 14.1. The molecule has 1 fully saturated rings. The van der Waals surface area contributed by atoms with Crippen LogP contribution in [-0.2, 0) is 0 Å². The molecule has 1 aliphatic heterocycles. The predicted molar refractivity (Wildman–Crippen MR) is 126 cm³/mol. The third-order valence-corrected chi connectivity index (χ3v) is 5.98. The number of amides is 1. The van der Waals surface area contributed by atoms with Crippen LogP contribution < -0.4 is 4.90 Å². The molecule has 3 heterocycles. The highest BCUT2D eigenvalue weighted by molar-refractivity contribution is 5.98. The van der Waals surface area contributed by atoms with Gasteiger partial charge in [0.15, 0.2) is 11.6 Å². The molecule has 1 aliphatic rings. The lowest BCUT2D eigenvalue weighted by molar-refractivity contribution is 0.0766. The van der Waals surface area contributed by atoms with Crippen LogP contribution in [0.1, 0.15) is 22.3 Å². The number of aromatic nitrogens is 5. The van der Waals surface area contributed by atoms with Gasteiger partial charge in [0.1, 0.15) is 0 Å². The van der Waals surface area contributed by atoms with E-state index in [1.165, 1.54) is 29.3 Å². The summed E-state index contributed by atoms with van der Waals surface area (Å²) in [4.78, 5) is 27.5. The zero-order valence-corrected chi connectivity index (χ0v) is 19.1. The van der Waals surface area contributed by atoms with Gasteiger partial charge in [0.05, 0.1) is 23.6 Å². The van der Waals surface area contributed by atoms with E-state index in [1.54, 1.807) is 12.4 Å². The number of hydrogen-bond donors (Lipinski definition) is 0. The van der Waals surface area contributed by atoms with E-state index < -0.39 is 11.6 Å². The second-order valence-corrected chi connectivity index (χ2v) is 8.35. The fraction of sp³-hybridized carbons (Fsp3) is 0.240. The number of carbonyl (C=O) groups is 1. The SMILES string of the molecule is Cc1ccc(-n2nccn2)c(C(=O)N2CCCN(c3ncc(-c4cccc(F)c4F)cn3)CC2)c1. The molecule has 0 aliphatic carbocycles. The number of nitrogens with zero attached hydrogens (tertiary/aromatic N) is 7. The standard InChI is InChI=1S/C25H23F2N7O/c1-17-6-7-22(34-30-8-9-31-34)20(14-17)24(35)32-10-3-11-33(13-12-32)25-28-15-18(16-29-25)19-4-2-5-21(26)23(19)27/h2,4-9,14-16H,3,10-13H2,1H3. The Hall–Kier alpha value is -4.21. The lowest BCUT2D eigenvalue weighted by Crippen LogP contribution is -2.36. The van der Waals surface area contributed by atoms with Crippen LogP contribution >= 0.6 is 0 Å². The molecule has 0 bridgehead atoms. The van der Waals surface area contributed by atoms with Crippen LogP contribution in [0.15, 0.2) is 61.2 Å². The average molecular weight is 476 g/mol. The van der Waals surface area contributed by atoms with E-state index >= 15 is 0 Å². The van der Waals surface area contributed by atoms with Crippen LogP contribution in [0.2, 0.25) is 0 Å². The van der Waals surface area contributed by atoms with Crippen LogP contribution in [0.3, 0.4) is 0 Å². The minimum Gasteiger partial charge on any atom is -0.339 e. The Morgan fingerprint density at radius 1 is 0.943 bits per heavy atom. The van der Waals surface area contributed by atoms with E-state index in [9.17, 15) is 13.6 Å². The summed E-state index contributed by atoms with van der Waals surface area (Å²) >= 11 is 0. The van der Waals surface area contributed by atoms with Gasteiger partial charge >= 0.3 is 0 Å². The number of hydrogen-bond acceptors (Lipinski definition) is 6. The molecule has 4 aromatic rings. The number of carbonyl (C=O) groups excluding carboxylic acids is 1. The Morgan fingerprint density at radius 3 is 2.49 bits per heavy atom. The Morgan fingerprint density at radius 2 is 1.71 bits per heavy atom. The molecular weight excluding hydrogens is 452 g/mol. The van der Waals surface area contributed by atoms with Crippen molar-refractivity contribution in [1.82, 2.24) is 29.9 Å². The molecule has 0 spiro atoms. The van der Waals surface area contributed by atoms with E-state index in [4.69, 9.17) is 0 Å². The summed E-state index contributed by atoms with van der Waals surface area (Å²) in [6, 6.07) is 9.65. The van der Waals surface area contributed by atoms with Crippen molar-refractivity contribution < 1.29 is 13.6 Å². The molecule has 0 radical (unpaired) electrons. The van der Waals surface area contributed by atoms with E-state index in [0.717, 1.165) is 18.1 Å². The largest absolute Gasteiger partial charge is 0.339 e. The van der Waals surface area contributed by atoms with Gasteiger partial charge in [-0.25, -0.2) is 18.7 Å². The van der Waals surface area contributed by atoms with Crippen LogP contribution in [0.5, 0.6) is 0 Å². The molecule has 10 heteroatoms. The predicted octanol–water partition coefficient (Wildman–Crippen LogP) is 3.66. The average Bonchev–Trinajstić information content (AvgIpc) is 3.29. The molecule has 0 atom stereocenters. The van der Waals surface area contributed by atoms with Gasteiger partial charge in [0.25, 0.3) is 5.91 Å². The number of rotatable bonds is 4. The molecule has 0 unspecified atom stereocenters. The van der Waals surface area contributed by atoms with Gasteiger partial charge < -0.3 is 9.80 Å². The van der Waals surface area contributed by atoms with Crippen molar-refractivity contribution in [2.75, 3.05) is 31.1 Å². The molecule has 1 amide bonds. The van der Waals surface area contributed by atoms with E-state index in [0.29, 0.717) is 48.9 Å². The summed E-state index contributed by atoms with van der Waals surface area (Å²) < 4.78 is 27.7. The summed E-state index contributed by atoms with van der Waals surface area (Å²) in [5.41, 5.74) is 2.67. The maximum atomic E-state index is 14.1. The molecule has 0 N–H and O–H groups in total. The molecule has 1 saturated heterocycles. The highest BCUT2D eigenvalue weighted by Crippen LogP contribution is 2.24. The lowest BCUT2D eigenvalue weighted by Gasteiger charge is -2.23. The number of anilines is 1. The fourth-order valence-electron chi connectivity index (χ4n) is 4.18. The zero-order valence-electron chi connectivity index (χ0n) is 19.1. The molecule has 178 valence electrons. The van der Waals surface area contributed by atoms with Crippen molar-refractivity contribution in [3.05, 3.63) is 83.9 Å². The lowest BCUT2D eigenvalue weighted by atomic mass is 10.1. The van der Waals surface area contributed by atoms with Gasteiger partial charge in [0, 0.05) is 49.7 Å². The van der Waals surface area contributed by atoms with Crippen molar-refractivity contribution in [2.24, 2.45) is 0 Å². The Labute approximate surface area is 200 Å². The topological polar surface area (TPSA) is 80.0 Å². The highest BCUT2D eigenvalue weighted by atomic mass is 19.2. The van der Waals surface area contributed by atoms with E-state index in [2.05, 4.69) is 20.2 Å². The fourth-order valence-corrected chi connectivity index (χ4v) is 4.18. The number of halogens is 2. The molecule has 2 aromatic heterocycles. The Kier molecular flexibility index (Phi) is 6.17. The van der Waals surface area contributed by atoms with Crippen LogP contribution in [0, 0.1) is 18.6 Å². The van der Waals surface area contributed by atoms with Gasteiger partial charge in [-0.1, -0.05) is 23.8 Å². The third-order valence-electron chi connectivity index (χ3n) is 5.98. The van der Waals surface area contributed by atoms with Gasteiger partial charge in [-0.05, 0) is 31.5 Å². The van der Waals surface area contributed by atoms with Gasteiger partial charge in [-0.3, -0.25) is 4.79 Å². The Bertz CT molecular complexity index is 1340. The van der Waals surface area contributed by atoms with E-state index in [1.807, 2.05) is 34.9 Å². The molecule has 2 aromatic carbocycles. The van der Waals surface area contributed by atoms with Crippen LogP contribution in [0.25, 0.3) is 16.8 Å². The van der Waals surface area contributed by atoms with Crippen molar-refractivity contribution in [3.63, 3.8) is 0 Å². The first-order chi connectivity index (χ1) is 17.0. The van der Waals surface area contributed by atoms with Crippen molar-refractivity contribution in [2.45, 2.75) is 13.3 Å². The first kappa shape index (κ1) is 22.6. The maximum Gasteiger partial charge on any atom is 0.256 e. The van der Waals surface area contributed by atoms with Crippen molar-refractivity contribution in [3.8, 4) is 16.8 Å². The summed E-state index contributed by atoms with van der Waals surface area (Å²) in [5.74, 6) is -1.44. The maximum absolute atomic E-state index is 14.1. The zero-order chi connectivity index (χ0) is 24.4. The number of benzene rings is 2. The summed E-state index contributed by atoms with van der Waals surface area (Å²) in [6.45, 7) is 4.22. The Balaban J connectivity index is 1.32. The molecule has 0 saturated carbocycles. The minimum atomic E-state index is -0.923. The van der Waals surface area contributed by atoms with Crippen molar-refractivity contribution >= 4 is 11.9 Å². The molecule has 5 rings (SSSR count). The van der Waals surface area contributed by atoms with Crippen molar-refractivity contribution in [1.29, 1.82) is 0 Å². The summed E-state index contributed by atoms with van der Waals surface area (Å²) in [7, 11) is 0. The minimum absolute atomic E-state index is 0.0827. The second-order valence-electron chi connectivity index (χ2n) is 8.35.